The minimum atomic E-state index is -0.793. The van der Waals surface area contributed by atoms with Gasteiger partial charge in [-0.15, -0.1) is 0 Å². The summed E-state index contributed by atoms with van der Waals surface area (Å²) in [6.45, 7) is 2.05. The standard InChI is InChI=1S/C29H29ClN2O5/c1-2-37-24-12-16(11-23(30)25(24)33)10-22-26(34)31-28(36)32(27(22)35)21-5-3-20(4-6-21)29-13-17-7-18(14-29)9-19(8-17)15-29/h3-6,10-12,17-19,33H,2,7-9,13-15H2,1H3,(H,31,34,36)/b22-10+. The smallest absolute Gasteiger partial charge is 0.335 e. The number of nitrogens with one attached hydrogen (secondary N) is 1. The normalized spacial score (nSPS) is 29.7. The Balaban J connectivity index is 1.29. The van der Waals surface area contributed by atoms with Crippen LogP contribution >= 0.6 is 11.6 Å². The fourth-order valence-electron chi connectivity index (χ4n) is 7.43. The van der Waals surface area contributed by atoms with Crippen LogP contribution < -0.4 is 15.0 Å². The van der Waals surface area contributed by atoms with Crippen molar-refractivity contribution in [3.05, 3.63) is 58.1 Å². The Morgan fingerprint density at radius 2 is 1.68 bits per heavy atom. The number of benzene rings is 2. The predicted octanol–water partition coefficient (Wildman–Crippen LogP) is 5.58. The molecule has 0 spiro atoms. The first-order valence-corrected chi connectivity index (χ1v) is 13.3. The Morgan fingerprint density at radius 3 is 2.27 bits per heavy atom. The molecular formula is C29H29ClN2O5. The number of carbonyl (C=O) groups is 3. The Bertz CT molecular complexity index is 1300. The zero-order chi connectivity index (χ0) is 25.9. The van der Waals surface area contributed by atoms with Crippen molar-refractivity contribution in [2.24, 2.45) is 17.8 Å². The largest absolute Gasteiger partial charge is 0.503 e. The molecule has 0 radical (unpaired) electrons. The van der Waals surface area contributed by atoms with Crippen molar-refractivity contribution < 1.29 is 24.2 Å². The lowest BCUT2D eigenvalue weighted by atomic mass is 9.48. The zero-order valence-electron chi connectivity index (χ0n) is 20.6. The third kappa shape index (κ3) is 4.09. The number of barbiturate groups is 1. The molecule has 2 aromatic rings. The van der Waals surface area contributed by atoms with Crippen LogP contribution in [0.3, 0.4) is 0 Å². The van der Waals surface area contributed by atoms with E-state index in [1.807, 2.05) is 12.1 Å². The van der Waals surface area contributed by atoms with Gasteiger partial charge in [-0.3, -0.25) is 14.9 Å². The van der Waals surface area contributed by atoms with Gasteiger partial charge in [-0.2, -0.15) is 0 Å². The highest BCUT2D eigenvalue weighted by molar-refractivity contribution is 6.39. The van der Waals surface area contributed by atoms with Gasteiger partial charge in [-0.05, 0) is 110 Å². The van der Waals surface area contributed by atoms with Crippen LogP contribution in [0.1, 0.15) is 56.6 Å². The molecule has 5 fully saturated rings. The molecule has 192 valence electrons. The minimum absolute atomic E-state index is 0.0228. The van der Waals surface area contributed by atoms with Gasteiger partial charge >= 0.3 is 6.03 Å². The number of nitrogens with zero attached hydrogens (tertiary/aromatic N) is 1. The number of rotatable bonds is 5. The summed E-state index contributed by atoms with van der Waals surface area (Å²) in [6.07, 6.45) is 9.10. The maximum atomic E-state index is 13.4. The number of hydrogen-bond acceptors (Lipinski definition) is 5. The molecule has 7 rings (SSSR count). The Kier molecular flexibility index (Phi) is 5.79. The third-order valence-electron chi connectivity index (χ3n) is 8.54. The number of aromatic hydroxyl groups is 1. The average Bonchev–Trinajstić information content (AvgIpc) is 2.84. The summed E-state index contributed by atoms with van der Waals surface area (Å²) in [7, 11) is 0. The molecule has 2 N–H and O–H groups in total. The predicted molar refractivity (Wildman–Crippen MR) is 140 cm³/mol. The Morgan fingerprint density at radius 1 is 1.05 bits per heavy atom. The highest BCUT2D eigenvalue weighted by Crippen LogP contribution is 2.60. The van der Waals surface area contributed by atoms with E-state index in [2.05, 4.69) is 17.4 Å². The molecule has 0 unspecified atom stereocenters. The first kappa shape index (κ1) is 24.0. The van der Waals surface area contributed by atoms with Crippen molar-refractivity contribution in [2.75, 3.05) is 11.5 Å². The number of anilines is 1. The fraction of sp³-hybridized carbons (Fsp3) is 0.414. The van der Waals surface area contributed by atoms with Crippen molar-refractivity contribution in [2.45, 2.75) is 50.9 Å². The second-order valence-electron chi connectivity index (χ2n) is 11.0. The van der Waals surface area contributed by atoms with Gasteiger partial charge in [0.15, 0.2) is 11.5 Å². The van der Waals surface area contributed by atoms with Gasteiger partial charge in [0.25, 0.3) is 11.8 Å². The molecule has 1 heterocycles. The van der Waals surface area contributed by atoms with Crippen LogP contribution in [0.4, 0.5) is 10.5 Å². The molecule has 37 heavy (non-hydrogen) atoms. The molecule has 8 heteroatoms. The molecule has 4 aliphatic carbocycles. The summed E-state index contributed by atoms with van der Waals surface area (Å²) in [5.74, 6) is 0.846. The zero-order valence-corrected chi connectivity index (χ0v) is 21.4. The molecule has 4 bridgehead atoms. The van der Waals surface area contributed by atoms with Gasteiger partial charge in [0.2, 0.25) is 0 Å². The molecule has 4 amide bonds. The first-order valence-electron chi connectivity index (χ1n) is 12.9. The van der Waals surface area contributed by atoms with Gasteiger partial charge in [0.1, 0.15) is 5.57 Å². The molecule has 1 saturated heterocycles. The van der Waals surface area contributed by atoms with E-state index in [1.54, 1.807) is 6.92 Å². The molecule has 0 atom stereocenters. The van der Waals surface area contributed by atoms with E-state index in [1.165, 1.54) is 62.3 Å². The number of phenolic OH excluding ortho intramolecular Hbond substituents is 1. The number of ether oxygens (including phenoxy) is 1. The highest BCUT2D eigenvalue weighted by atomic mass is 35.5. The molecule has 1 aliphatic heterocycles. The van der Waals surface area contributed by atoms with Crippen molar-refractivity contribution in [3.63, 3.8) is 0 Å². The maximum Gasteiger partial charge on any atom is 0.335 e. The molecule has 7 nitrogen and oxygen atoms in total. The lowest BCUT2D eigenvalue weighted by Crippen LogP contribution is -2.54. The number of urea groups is 1. The summed E-state index contributed by atoms with van der Waals surface area (Å²) in [6, 6.07) is 9.85. The van der Waals surface area contributed by atoms with Crippen molar-refractivity contribution in [1.82, 2.24) is 5.32 Å². The SMILES string of the molecule is CCOc1cc(/C=C2\C(=O)NC(=O)N(c3ccc(C45CC6CC(CC(C6)C4)C5)cc3)C2=O)cc(Cl)c1O. The van der Waals surface area contributed by atoms with Crippen LogP contribution in [0, 0.1) is 17.8 Å². The lowest BCUT2D eigenvalue weighted by Gasteiger charge is -2.57. The maximum absolute atomic E-state index is 13.4. The fourth-order valence-corrected chi connectivity index (χ4v) is 7.65. The Labute approximate surface area is 220 Å². The van der Waals surface area contributed by atoms with E-state index < -0.39 is 17.8 Å². The minimum Gasteiger partial charge on any atom is -0.503 e. The average molecular weight is 521 g/mol. The second-order valence-corrected chi connectivity index (χ2v) is 11.4. The third-order valence-corrected chi connectivity index (χ3v) is 8.83. The number of carbonyl (C=O) groups excluding carboxylic acids is 3. The van der Waals surface area contributed by atoms with Crippen LogP contribution in [0.5, 0.6) is 11.5 Å². The quantitative estimate of drug-likeness (QED) is 0.396. The number of hydrogen-bond donors (Lipinski definition) is 2. The summed E-state index contributed by atoms with van der Waals surface area (Å²) >= 11 is 6.11. The van der Waals surface area contributed by atoms with Crippen LogP contribution in [0.15, 0.2) is 42.0 Å². The van der Waals surface area contributed by atoms with Crippen molar-refractivity contribution >= 4 is 41.2 Å². The van der Waals surface area contributed by atoms with Gasteiger partial charge < -0.3 is 9.84 Å². The molecule has 2 aromatic carbocycles. The number of halogens is 1. The highest BCUT2D eigenvalue weighted by Gasteiger charge is 2.51. The monoisotopic (exact) mass is 520 g/mol. The summed E-state index contributed by atoms with van der Waals surface area (Å²) in [5.41, 5.74) is 2.08. The van der Waals surface area contributed by atoms with Crippen LogP contribution in [-0.2, 0) is 15.0 Å². The van der Waals surface area contributed by atoms with Crippen LogP contribution in [0.2, 0.25) is 5.02 Å². The van der Waals surface area contributed by atoms with E-state index in [4.69, 9.17) is 16.3 Å². The molecule has 0 aromatic heterocycles. The topological polar surface area (TPSA) is 95.9 Å². The number of amides is 4. The van der Waals surface area contributed by atoms with E-state index in [0.717, 1.165) is 22.7 Å². The summed E-state index contributed by atoms with van der Waals surface area (Å²) < 4.78 is 5.39. The van der Waals surface area contributed by atoms with E-state index >= 15 is 0 Å². The van der Waals surface area contributed by atoms with Crippen molar-refractivity contribution in [3.8, 4) is 11.5 Å². The van der Waals surface area contributed by atoms with E-state index in [-0.39, 0.29) is 27.5 Å². The first-order chi connectivity index (χ1) is 17.8. The van der Waals surface area contributed by atoms with E-state index in [9.17, 15) is 19.5 Å². The molecule has 5 aliphatic rings. The summed E-state index contributed by atoms with van der Waals surface area (Å²) in [4.78, 5) is 39.7. The van der Waals surface area contributed by atoms with Crippen LogP contribution in [0.25, 0.3) is 6.08 Å². The second kappa shape index (κ2) is 8.91. The van der Waals surface area contributed by atoms with Gasteiger partial charge in [-0.25, -0.2) is 9.69 Å². The Hall–Kier alpha value is -3.32. The lowest BCUT2D eigenvalue weighted by molar-refractivity contribution is -0.122. The van der Waals surface area contributed by atoms with Gasteiger partial charge in [0.05, 0.1) is 17.3 Å². The molecular weight excluding hydrogens is 492 g/mol. The number of phenols is 1. The van der Waals surface area contributed by atoms with E-state index in [0.29, 0.717) is 17.9 Å². The molecule has 4 saturated carbocycles. The van der Waals surface area contributed by atoms with Gasteiger partial charge in [-0.1, -0.05) is 23.7 Å². The van der Waals surface area contributed by atoms with Crippen molar-refractivity contribution in [1.29, 1.82) is 0 Å². The van der Waals surface area contributed by atoms with Gasteiger partial charge in [0, 0.05) is 0 Å². The summed E-state index contributed by atoms with van der Waals surface area (Å²) in [5, 5.41) is 12.4. The number of imide groups is 2. The van der Waals surface area contributed by atoms with Crippen LogP contribution in [-0.4, -0.2) is 29.6 Å².